The topological polar surface area (TPSA) is 46.2 Å². The van der Waals surface area contributed by atoms with Crippen molar-refractivity contribution in [2.75, 3.05) is 0 Å². The molecule has 2 aliphatic carbocycles. The Labute approximate surface area is 88.2 Å². The summed E-state index contributed by atoms with van der Waals surface area (Å²) < 4.78 is 0. The molecule has 0 aromatic rings. The second kappa shape index (κ2) is 2.60. The lowest BCUT2D eigenvalue weighted by Crippen LogP contribution is -2.45. The quantitative estimate of drug-likeness (QED) is 0.603. The predicted octanol–water partition coefficient (Wildman–Crippen LogP) is 1.32. The average Bonchev–Trinajstić information content (AvgIpc) is 2.50. The first kappa shape index (κ1) is 8.89. The Kier molecular flexibility index (Phi) is 1.54. The molecule has 3 aliphatic rings. The number of carbonyl (C=O) groups excluding carboxylic acids is 2. The summed E-state index contributed by atoms with van der Waals surface area (Å²) in [6, 6.07) is 0. The summed E-state index contributed by atoms with van der Waals surface area (Å²) in [7, 11) is 0. The predicted molar refractivity (Wildman–Crippen MR) is 54.8 cm³/mol. The van der Waals surface area contributed by atoms with Gasteiger partial charge in [-0.2, -0.15) is 0 Å². The van der Waals surface area contributed by atoms with Gasteiger partial charge in [0.25, 0.3) is 0 Å². The first-order valence-corrected chi connectivity index (χ1v) is 5.44. The van der Waals surface area contributed by atoms with Gasteiger partial charge < -0.3 is 0 Å². The highest BCUT2D eigenvalue weighted by molar-refractivity contribution is 6.12. The molecule has 3 heteroatoms. The maximum Gasteiger partial charge on any atom is 0.238 e. The van der Waals surface area contributed by atoms with Crippen molar-refractivity contribution >= 4 is 11.8 Å². The van der Waals surface area contributed by atoms with Gasteiger partial charge in [0.05, 0.1) is 10.8 Å². The fraction of sp³-hybridized carbons (Fsp3) is 0.500. The summed E-state index contributed by atoms with van der Waals surface area (Å²) in [5, 5.41) is 2.50. The van der Waals surface area contributed by atoms with Crippen LogP contribution >= 0.6 is 0 Å². The zero-order valence-corrected chi connectivity index (χ0v) is 8.45. The van der Waals surface area contributed by atoms with Crippen LogP contribution in [0.3, 0.4) is 0 Å². The number of rotatable bonds is 0. The van der Waals surface area contributed by atoms with Crippen LogP contribution in [-0.2, 0) is 9.59 Å². The third kappa shape index (κ3) is 0.822. The summed E-state index contributed by atoms with van der Waals surface area (Å²) in [6.07, 6.45) is 11.3. The Balaban J connectivity index is 2.23. The Bertz CT molecular complexity index is 372. The average molecular weight is 203 g/mol. The molecule has 1 N–H and O–H groups in total. The molecule has 0 radical (unpaired) electrons. The van der Waals surface area contributed by atoms with E-state index in [9.17, 15) is 9.59 Å². The molecule has 1 saturated carbocycles. The second-order valence-corrected chi connectivity index (χ2v) is 4.65. The summed E-state index contributed by atoms with van der Waals surface area (Å²) >= 11 is 0. The van der Waals surface area contributed by atoms with E-state index in [0.717, 1.165) is 25.7 Å². The molecule has 3 rings (SSSR count). The Morgan fingerprint density at radius 3 is 1.87 bits per heavy atom. The van der Waals surface area contributed by atoms with Crippen molar-refractivity contribution in [3.05, 3.63) is 24.3 Å². The van der Waals surface area contributed by atoms with E-state index >= 15 is 0 Å². The van der Waals surface area contributed by atoms with E-state index in [-0.39, 0.29) is 11.8 Å². The number of imide groups is 1. The van der Waals surface area contributed by atoms with E-state index in [1.54, 1.807) is 0 Å². The van der Waals surface area contributed by atoms with Gasteiger partial charge in [-0.1, -0.05) is 37.1 Å². The third-order valence-electron chi connectivity index (χ3n) is 4.10. The number of carbonyl (C=O) groups is 2. The fourth-order valence-corrected chi connectivity index (χ4v) is 3.27. The highest BCUT2D eigenvalue weighted by atomic mass is 16.2. The third-order valence-corrected chi connectivity index (χ3v) is 4.10. The minimum atomic E-state index is -0.572. The van der Waals surface area contributed by atoms with E-state index < -0.39 is 10.8 Å². The summed E-state index contributed by atoms with van der Waals surface area (Å²) in [4.78, 5) is 23.9. The van der Waals surface area contributed by atoms with Gasteiger partial charge >= 0.3 is 0 Å². The molecule has 2 fully saturated rings. The van der Waals surface area contributed by atoms with Gasteiger partial charge in [-0.25, -0.2) is 0 Å². The van der Waals surface area contributed by atoms with Crippen LogP contribution in [0, 0.1) is 10.8 Å². The fourth-order valence-electron chi connectivity index (χ4n) is 3.27. The van der Waals surface area contributed by atoms with Crippen LogP contribution in [0.4, 0.5) is 0 Å². The molecule has 78 valence electrons. The molecule has 2 atom stereocenters. The first-order valence-electron chi connectivity index (χ1n) is 5.44. The largest absolute Gasteiger partial charge is 0.295 e. The molecule has 1 aliphatic heterocycles. The smallest absolute Gasteiger partial charge is 0.238 e. The SMILES string of the molecule is O=C1NC(=O)[C@]23C=CC=C[C@]12CCCC3. The lowest BCUT2D eigenvalue weighted by molar-refractivity contribution is -0.130. The molecule has 15 heavy (non-hydrogen) atoms. The molecule has 2 amide bonds. The Morgan fingerprint density at radius 2 is 1.40 bits per heavy atom. The van der Waals surface area contributed by atoms with Crippen LogP contribution in [0.15, 0.2) is 24.3 Å². The van der Waals surface area contributed by atoms with Crippen LogP contribution in [0.1, 0.15) is 25.7 Å². The lowest BCUT2D eigenvalue weighted by Gasteiger charge is -2.43. The maximum atomic E-state index is 12.0. The standard InChI is InChI=1S/C12H13NO2/c14-9-11-5-1-2-6-12(11,10(15)13-9)8-4-3-7-11/h1-2,5-6H,3-4,7-8H2,(H,13,14,15)/t11-,12+. The minimum absolute atomic E-state index is 0.104. The minimum Gasteiger partial charge on any atom is -0.295 e. The van der Waals surface area contributed by atoms with Gasteiger partial charge in [0.1, 0.15) is 0 Å². The maximum absolute atomic E-state index is 12.0. The van der Waals surface area contributed by atoms with E-state index in [2.05, 4.69) is 5.32 Å². The summed E-state index contributed by atoms with van der Waals surface area (Å²) in [5.74, 6) is -0.208. The van der Waals surface area contributed by atoms with Gasteiger partial charge in [-0.3, -0.25) is 14.9 Å². The van der Waals surface area contributed by atoms with Gasteiger partial charge in [0.15, 0.2) is 0 Å². The van der Waals surface area contributed by atoms with Gasteiger partial charge in [-0.15, -0.1) is 0 Å². The van der Waals surface area contributed by atoms with Crippen LogP contribution in [0.5, 0.6) is 0 Å². The molecule has 0 aromatic carbocycles. The number of hydrogen-bond donors (Lipinski definition) is 1. The second-order valence-electron chi connectivity index (χ2n) is 4.65. The number of allylic oxidation sites excluding steroid dienone is 2. The highest BCUT2D eigenvalue weighted by Gasteiger charge is 2.64. The van der Waals surface area contributed by atoms with Crippen molar-refractivity contribution in [1.82, 2.24) is 5.32 Å². The Morgan fingerprint density at radius 1 is 0.933 bits per heavy atom. The Hall–Kier alpha value is -1.38. The lowest BCUT2D eigenvalue weighted by atomic mass is 9.55. The molecular weight excluding hydrogens is 190 g/mol. The zero-order chi connectivity index (χ0) is 10.5. The molecule has 1 heterocycles. The molecule has 1 saturated heterocycles. The van der Waals surface area contributed by atoms with Crippen molar-refractivity contribution in [1.29, 1.82) is 0 Å². The van der Waals surface area contributed by atoms with E-state index in [1.165, 1.54) is 0 Å². The summed E-state index contributed by atoms with van der Waals surface area (Å²) in [5.41, 5.74) is -1.14. The number of amides is 2. The molecule has 0 bridgehead atoms. The van der Waals surface area contributed by atoms with Crippen molar-refractivity contribution < 1.29 is 9.59 Å². The van der Waals surface area contributed by atoms with E-state index in [1.807, 2.05) is 24.3 Å². The van der Waals surface area contributed by atoms with Crippen LogP contribution in [0.2, 0.25) is 0 Å². The van der Waals surface area contributed by atoms with E-state index in [4.69, 9.17) is 0 Å². The van der Waals surface area contributed by atoms with Crippen LogP contribution in [-0.4, -0.2) is 11.8 Å². The number of hydrogen-bond acceptors (Lipinski definition) is 2. The van der Waals surface area contributed by atoms with Crippen LogP contribution in [0.25, 0.3) is 0 Å². The molecule has 0 unspecified atom stereocenters. The van der Waals surface area contributed by atoms with Gasteiger partial charge in [0.2, 0.25) is 11.8 Å². The molecular formula is C12H13NO2. The zero-order valence-electron chi connectivity index (χ0n) is 8.45. The first-order chi connectivity index (χ1) is 7.21. The molecule has 3 nitrogen and oxygen atoms in total. The molecule has 0 spiro atoms. The van der Waals surface area contributed by atoms with Crippen molar-refractivity contribution in [3.8, 4) is 0 Å². The summed E-state index contributed by atoms with van der Waals surface area (Å²) in [6.45, 7) is 0. The van der Waals surface area contributed by atoms with E-state index in [0.29, 0.717) is 0 Å². The van der Waals surface area contributed by atoms with Gasteiger partial charge in [0, 0.05) is 0 Å². The number of nitrogens with one attached hydrogen (secondary N) is 1. The normalized spacial score (nSPS) is 42.4. The molecule has 0 aromatic heterocycles. The van der Waals surface area contributed by atoms with Crippen molar-refractivity contribution in [2.45, 2.75) is 25.7 Å². The van der Waals surface area contributed by atoms with Crippen molar-refractivity contribution in [2.24, 2.45) is 10.8 Å². The van der Waals surface area contributed by atoms with Gasteiger partial charge in [-0.05, 0) is 12.8 Å². The monoisotopic (exact) mass is 203 g/mol. The highest BCUT2D eigenvalue weighted by Crippen LogP contribution is 2.57. The van der Waals surface area contributed by atoms with Crippen LogP contribution < -0.4 is 5.32 Å². The van der Waals surface area contributed by atoms with Crippen molar-refractivity contribution in [3.63, 3.8) is 0 Å².